The van der Waals surface area contributed by atoms with Gasteiger partial charge in [0, 0.05) is 18.7 Å². The van der Waals surface area contributed by atoms with E-state index in [0.717, 1.165) is 12.8 Å². The van der Waals surface area contributed by atoms with Crippen LogP contribution in [0.25, 0.3) is 0 Å². The average Bonchev–Trinajstić information content (AvgIpc) is 3.54. The minimum atomic E-state index is -3.84. The zero-order valence-electron chi connectivity index (χ0n) is 20.4. The van der Waals surface area contributed by atoms with Gasteiger partial charge in [0.25, 0.3) is 5.91 Å². The van der Waals surface area contributed by atoms with E-state index in [9.17, 15) is 17.6 Å². The third-order valence-corrected chi connectivity index (χ3v) is 7.81. The molecule has 0 radical (unpaired) electrons. The van der Waals surface area contributed by atoms with Crippen molar-refractivity contribution in [2.75, 3.05) is 20.3 Å². The van der Waals surface area contributed by atoms with Crippen LogP contribution in [0.4, 0.5) is 4.39 Å². The maximum atomic E-state index is 13.4. The summed E-state index contributed by atoms with van der Waals surface area (Å²) in [6.45, 7) is 3.43. The lowest BCUT2D eigenvalue weighted by molar-refractivity contribution is 0.0741. The molecule has 0 bridgehead atoms. The molecule has 1 unspecified atom stereocenters. The number of rotatable bonds is 10. The van der Waals surface area contributed by atoms with Gasteiger partial charge in [0.2, 0.25) is 15.0 Å². The van der Waals surface area contributed by atoms with Gasteiger partial charge >= 0.3 is 0 Å². The molecule has 0 N–H and O–H groups in total. The van der Waals surface area contributed by atoms with Gasteiger partial charge in [0.05, 0.1) is 43.9 Å². The monoisotopic (exact) mass is 515 g/mol. The molecular formula is C26H30FN3O5S. The molecule has 2 heterocycles. The van der Waals surface area contributed by atoms with Crippen LogP contribution in [0, 0.1) is 5.82 Å². The van der Waals surface area contributed by atoms with Crippen molar-refractivity contribution in [1.82, 2.24) is 14.5 Å². The third kappa shape index (κ3) is 5.93. The number of aromatic nitrogens is 2. The number of halogens is 1. The van der Waals surface area contributed by atoms with E-state index in [-0.39, 0.29) is 29.5 Å². The van der Waals surface area contributed by atoms with Gasteiger partial charge < -0.3 is 18.9 Å². The lowest BCUT2D eigenvalue weighted by atomic mass is 10.2. The van der Waals surface area contributed by atoms with Crippen molar-refractivity contribution in [1.29, 1.82) is 0 Å². The Bertz CT molecular complexity index is 1280. The molecule has 1 aromatic heterocycles. The highest BCUT2D eigenvalue weighted by atomic mass is 32.2. The second-order valence-electron chi connectivity index (χ2n) is 8.71. The first kappa shape index (κ1) is 25.8. The predicted octanol–water partition coefficient (Wildman–Crippen LogP) is 3.85. The lowest BCUT2D eigenvalue weighted by Crippen LogP contribution is -2.32. The average molecular weight is 516 g/mol. The number of carbonyl (C=O) groups excluding carboxylic acids is 1. The SMILES string of the molecule is CCN(Cc1cnc(S(=O)(=O)Cc2ccc(F)cc2)n1CC1CCCO1)C(=O)c1ccc(OC)cc1. The molecule has 1 fully saturated rings. The predicted molar refractivity (Wildman–Crippen MR) is 132 cm³/mol. The molecule has 3 aromatic rings. The fraction of sp³-hybridized carbons (Fsp3) is 0.385. The number of nitrogens with zero attached hydrogens (tertiary/aromatic N) is 3. The van der Waals surface area contributed by atoms with Gasteiger partial charge in [0.15, 0.2) is 0 Å². The van der Waals surface area contributed by atoms with Crippen LogP contribution >= 0.6 is 0 Å². The summed E-state index contributed by atoms with van der Waals surface area (Å²) in [7, 11) is -2.28. The Balaban J connectivity index is 1.62. The van der Waals surface area contributed by atoms with Crippen LogP contribution in [0.15, 0.2) is 59.9 Å². The molecule has 1 saturated heterocycles. The molecule has 1 aliphatic heterocycles. The number of hydrogen-bond donors (Lipinski definition) is 0. The van der Waals surface area contributed by atoms with E-state index in [1.165, 1.54) is 30.5 Å². The molecule has 1 atom stereocenters. The summed E-state index contributed by atoms with van der Waals surface area (Å²) in [6.07, 6.45) is 3.10. The summed E-state index contributed by atoms with van der Waals surface area (Å²) in [4.78, 5) is 19.1. The summed E-state index contributed by atoms with van der Waals surface area (Å²) in [5.41, 5.74) is 1.58. The van der Waals surface area contributed by atoms with Crippen molar-refractivity contribution in [2.24, 2.45) is 0 Å². The number of benzene rings is 2. The second kappa shape index (κ2) is 11.2. The van der Waals surface area contributed by atoms with Crippen LogP contribution in [0.5, 0.6) is 5.75 Å². The number of amides is 1. The fourth-order valence-electron chi connectivity index (χ4n) is 4.26. The highest BCUT2D eigenvalue weighted by molar-refractivity contribution is 7.90. The Morgan fingerprint density at radius 1 is 1.19 bits per heavy atom. The lowest BCUT2D eigenvalue weighted by Gasteiger charge is -2.23. The van der Waals surface area contributed by atoms with Gasteiger partial charge in [-0.15, -0.1) is 0 Å². The van der Waals surface area contributed by atoms with Crippen LogP contribution in [0.3, 0.4) is 0 Å². The molecule has 0 spiro atoms. The molecule has 0 aliphatic carbocycles. The van der Waals surface area contributed by atoms with E-state index in [1.807, 2.05) is 6.92 Å². The topological polar surface area (TPSA) is 90.7 Å². The largest absolute Gasteiger partial charge is 0.497 e. The number of methoxy groups -OCH3 is 1. The Morgan fingerprint density at radius 2 is 1.92 bits per heavy atom. The summed E-state index contributed by atoms with van der Waals surface area (Å²) in [6, 6.07) is 12.2. The first-order chi connectivity index (χ1) is 17.3. The molecule has 8 nitrogen and oxygen atoms in total. The van der Waals surface area contributed by atoms with Gasteiger partial charge in [-0.05, 0) is 61.7 Å². The Labute approximate surface area is 210 Å². The maximum Gasteiger partial charge on any atom is 0.254 e. The first-order valence-electron chi connectivity index (χ1n) is 11.9. The molecule has 36 heavy (non-hydrogen) atoms. The summed E-state index contributed by atoms with van der Waals surface area (Å²) in [5.74, 6) is -0.266. The van der Waals surface area contributed by atoms with Gasteiger partial charge in [-0.25, -0.2) is 17.8 Å². The van der Waals surface area contributed by atoms with E-state index in [1.54, 1.807) is 40.8 Å². The zero-order chi connectivity index (χ0) is 25.7. The number of carbonyl (C=O) groups is 1. The maximum absolute atomic E-state index is 13.4. The summed E-state index contributed by atoms with van der Waals surface area (Å²) >= 11 is 0. The zero-order valence-corrected chi connectivity index (χ0v) is 21.2. The smallest absolute Gasteiger partial charge is 0.254 e. The van der Waals surface area contributed by atoms with Crippen LogP contribution < -0.4 is 4.74 Å². The fourth-order valence-corrected chi connectivity index (χ4v) is 5.76. The van der Waals surface area contributed by atoms with Gasteiger partial charge in [-0.3, -0.25) is 4.79 Å². The standard InChI is InChI=1S/C26H30FN3O5S/c1-3-29(25(31)20-8-12-23(34-2)13-9-20)16-22-15-28-26(30(22)17-24-5-4-14-35-24)36(32,33)18-19-6-10-21(27)11-7-19/h6-13,15,24H,3-5,14,16-18H2,1-2H3. The van der Waals surface area contributed by atoms with Crippen molar-refractivity contribution in [3.63, 3.8) is 0 Å². The van der Waals surface area contributed by atoms with Crippen molar-refractivity contribution < 1.29 is 27.1 Å². The van der Waals surface area contributed by atoms with Crippen LogP contribution in [-0.2, 0) is 33.4 Å². The Kier molecular flexibility index (Phi) is 8.05. The molecule has 4 rings (SSSR count). The minimum absolute atomic E-state index is 0.0784. The number of hydrogen-bond acceptors (Lipinski definition) is 6. The number of sulfone groups is 1. The molecule has 192 valence electrons. The van der Waals surface area contributed by atoms with Crippen molar-refractivity contribution in [3.05, 3.63) is 77.4 Å². The Hall–Kier alpha value is -3.24. The molecule has 0 saturated carbocycles. The van der Waals surface area contributed by atoms with E-state index in [0.29, 0.717) is 42.3 Å². The van der Waals surface area contributed by atoms with Crippen LogP contribution in [0.2, 0.25) is 0 Å². The molecule has 10 heteroatoms. The molecule has 2 aromatic carbocycles. The van der Waals surface area contributed by atoms with Gasteiger partial charge in [-0.2, -0.15) is 0 Å². The summed E-state index contributed by atoms with van der Waals surface area (Å²) in [5, 5.41) is -0.0784. The molecule has 1 amide bonds. The first-order valence-corrected chi connectivity index (χ1v) is 13.5. The van der Waals surface area contributed by atoms with Crippen molar-refractivity contribution in [2.45, 2.75) is 49.9 Å². The highest BCUT2D eigenvalue weighted by Crippen LogP contribution is 2.23. The number of imidazole rings is 1. The highest BCUT2D eigenvalue weighted by Gasteiger charge is 2.28. The summed E-state index contributed by atoms with van der Waals surface area (Å²) < 4.78 is 52.6. The van der Waals surface area contributed by atoms with E-state index >= 15 is 0 Å². The molecular weight excluding hydrogens is 485 g/mol. The number of ether oxygens (including phenoxy) is 2. The van der Waals surface area contributed by atoms with Gasteiger partial charge in [0.1, 0.15) is 11.6 Å². The van der Waals surface area contributed by atoms with E-state index in [2.05, 4.69) is 4.98 Å². The van der Waals surface area contributed by atoms with Crippen molar-refractivity contribution >= 4 is 15.7 Å². The minimum Gasteiger partial charge on any atom is -0.497 e. The van der Waals surface area contributed by atoms with Crippen LogP contribution in [0.1, 0.15) is 41.4 Å². The van der Waals surface area contributed by atoms with E-state index < -0.39 is 15.7 Å². The van der Waals surface area contributed by atoms with E-state index in [4.69, 9.17) is 9.47 Å². The quantitative estimate of drug-likeness (QED) is 0.408. The third-order valence-electron chi connectivity index (χ3n) is 6.22. The Morgan fingerprint density at radius 3 is 2.53 bits per heavy atom. The normalized spacial score (nSPS) is 15.7. The second-order valence-corrected chi connectivity index (χ2v) is 10.6. The van der Waals surface area contributed by atoms with Gasteiger partial charge in [-0.1, -0.05) is 12.1 Å². The van der Waals surface area contributed by atoms with Crippen molar-refractivity contribution in [3.8, 4) is 5.75 Å². The van der Waals surface area contributed by atoms with Crippen LogP contribution in [-0.4, -0.2) is 55.1 Å². The molecule has 1 aliphatic rings.